The molecular formula is C11H16N2O5S. The second-order valence-corrected chi connectivity index (χ2v) is 5.56. The minimum atomic E-state index is -0.810. The molecule has 1 heterocycles. The van der Waals surface area contributed by atoms with Crippen LogP contribution in [0.25, 0.3) is 0 Å². The van der Waals surface area contributed by atoms with E-state index < -0.39 is 17.8 Å². The summed E-state index contributed by atoms with van der Waals surface area (Å²) in [7, 11) is 1.22. The average Bonchev–Trinajstić information content (AvgIpc) is 2.71. The third-order valence-electron chi connectivity index (χ3n) is 1.67. The molecule has 8 heteroatoms. The van der Waals surface area contributed by atoms with Crippen molar-refractivity contribution in [1.29, 1.82) is 0 Å². The molecule has 19 heavy (non-hydrogen) atoms. The van der Waals surface area contributed by atoms with E-state index in [1.165, 1.54) is 13.3 Å². The first-order valence-corrected chi connectivity index (χ1v) is 6.29. The molecule has 1 rings (SSSR count). The van der Waals surface area contributed by atoms with E-state index in [0.29, 0.717) is 10.1 Å². The molecule has 0 bridgehead atoms. The fraction of sp³-hybridized carbons (Fsp3) is 0.545. The maximum Gasteiger partial charge on any atom is 0.514 e. The molecule has 1 N–H and O–H groups in total. The summed E-state index contributed by atoms with van der Waals surface area (Å²) >= 11 is 1.13. The second-order valence-electron chi connectivity index (χ2n) is 4.48. The van der Waals surface area contributed by atoms with Crippen LogP contribution in [-0.2, 0) is 16.0 Å². The van der Waals surface area contributed by atoms with Crippen LogP contribution < -0.4 is 10.1 Å². The van der Waals surface area contributed by atoms with Crippen LogP contribution in [0.4, 0.5) is 9.59 Å². The molecule has 1 aromatic heterocycles. The third kappa shape index (κ3) is 6.05. The van der Waals surface area contributed by atoms with Crippen LogP contribution >= 0.6 is 11.3 Å². The van der Waals surface area contributed by atoms with Crippen molar-refractivity contribution in [3.05, 3.63) is 11.2 Å². The van der Waals surface area contributed by atoms with Crippen molar-refractivity contribution in [2.75, 3.05) is 7.11 Å². The van der Waals surface area contributed by atoms with Crippen LogP contribution in [0.1, 0.15) is 25.8 Å². The summed E-state index contributed by atoms with van der Waals surface area (Å²) in [5.74, 6) is 0. The summed E-state index contributed by atoms with van der Waals surface area (Å²) in [6.45, 7) is 5.53. The normalized spacial score (nSPS) is 10.7. The lowest BCUT2D eigenvalue weighted by Crippen LogP contribution is -2.32. The number of carbonyl (C=O) groups is 2. The van der Waals surface area contributed by atoms with Crippen LogP contribution in [-0.4, -0.2) is 29.9 Å². The minimum absolute atomic E-state index is 0.199. The quantitative estimate of drug-likeness (QED) is 0.859. The van der Waals surface area contributed by atoms with Crippen LogP contribution in [0.3, 0.4) is 0 Å². The van der Waals surface area contributed by atoms with E-state index in [9.17, 15) is 9.59 Å². The van der Waals surface area contributed by atoms with Gasteiger partial charge in [-0.25, -0.2) is 14.6 Å². The van der Waals surface area contributed by atoms with Crippen LogP contribution in [0, 0.1) is 0 Å². The fourth-order valence-corrected chi connectivity index (χ4v) is 1.71. The lowest BCUT2D eigenvalue weighted by atomic mass is 10.2. The number of methoxy groups -OCH3 is 1. The fourth-order valence-electron chi connectivity index (χ4n) is 1.01. The number of aromatic nitrogens is 1. The molecule has 0 unspecified atom stereocenters. The van der Waals surface area contributed by atoms with Gasteiger partial charge in [-0.15, -0.1) is 0 Å². The molecular weight excluding hydrogens is 272 g/mol. The first-order valence-electron chi connectivity index (χ1n) is 5.47. The zero-order chi connectivity index (χ0) is 14.5. The molecule has 1 aromatic rings. The Morgan fingerprint density at radius 2 is 2.11 bits per heavy atom. The number of rotatable bonds is 3. The van der Waals surface area contributed by atoms with E-state index in [4.69, 9.17) is 9.47 Å². The van der Waals surface area contributed by atoms with Gasteiger partial charge in [0.15, 0.2) is 0 Å². The third-order valence-corrected chi connectivity index (χ3v) is 2.54. The van der Waals surface area contributed by atoms with Gasteiger partial charge >= 0.3 is 12.2 Å². The molecule has 0 aliphatic carbocycles. The van der Waals surface area contributed by atoms with Gasteiger partial charge in [-0.2, -0.15) is 0 Å². The molecule has 0 radical (unpaired) electrons. The van der Waals surface area contributed by atoms with Crippen molar-refractivity contribution in [2.45, 2.75) is 32.9 Å². The molecule has 0 saturated carbocycles. The molecule has 0 aliphatic rings. The largest absolute Gasteiger partial charge is 0.514 e. The number of ether oxygens (including phenoxy) is 3. The Bertz CT molecular complexity index is 452. The predicted octanol–water partition coefficient (Wildman–Crippen LogP) is 2.31. The van der Waals surface area contributed by atoms with E-state index in [-0.39, 0.29) is 6.54 Å². The van der Waals surface area contributed by atoms with Crippen molar-refractivity contribution in [2.24, 2.45) is 0 Å². The van der Waals surface area contributed by atoms with Gasteiger partial charge in [-0.1, -0.05) is 11.3 Å². The first kappa shape index (κ1) is 15.2. The maximum absolute atomic E-state index is 11.4. The van der Waals surface area contributed by atoms with Crippen LogP contribution in [0.2, 0.25) is 0 Å². The Kier molecular flexibility index (Phi) is 5.11. The number of nitrogens with zero attached hydrogens (tertiary/aromatic N) is 1. The van der Waals surface area contributed by atoms with Gasteiger partial charge in [0.2, 0.25) is 5.06 Å². The Balaban J connectivity index is 2.42. The number of amides is 1. The van der Waals surface area contributed by atoms with Gasteiger partial charge in [0.25, 0.3) is 0 Å². The summed E-state index contributed by atoms with van der Waals surface area (Å²) in [5, 5.41) is 3.44. The van der Waals surface area contributed by atoms with E-state index in [0.717, 1.165) is 11.3 Å². The summed E-state index contributed by atoms with van der Waals surface area (Å²) in [6, 6.07) is 0. The van der Waals surface area contributed by atoms with Crippen molar-refractivity contribution in [3.63, 3.8) is 0 Å². The standard InChI is InChI=1S/C11H16N2O5S/c1-11(2,3)18-9(14)13-5-7-12-6-8(19-7)17-10(15)16-4/h6H,5H2,1-4H3,(H,13,14). The molecule has 106 valence electrons. The number of hydrogen-bond donors (Lipinski definition) is 1. The molecule has 0 aliphatic heterocycles. The predicted molar refractivity (Wildman–Crippen MR) is 68.2 cm³/mol. The van der Waals surface area contributed by atoms with Gasteiger partial charge in [0.1, 0.15) is 10.6 Å². The summed E-state index contributed by atoms with van der Waals surface area (Å²) in [6.07, 6.45) is 0.0432. The first-order chi connectivity index (χ1) is 8.80. The summed E-state index contributed by atoms with van der Waals surface area (Å²) in [4.78, 5) is 26.2. The van der Waals surface area contributed by atoms with Gasteiger partial charge in [-0.3, -0.25) is 0 Å². The average molecular weight is 288 g/mol. The zero-order valence-electron chi connectivity index (χ0n) is 11.2. The Hall–Kier alpha value is -1.83. The second kappa shape index (κ2) is 6.37. The number of hydrogen-bond acceptors (Lipinski definition) is 7. The monoisotopic (exact) mass is 288 g/mol. The topological polar surface area (TPSA) is 86.8 Å². The SMILES string of the molecule is COC(=O)Oc1cnc(CNC(=O)OC(C)(C)C)s1. The van der Waals surface area contributed by atoms with E-state index in [2.05, 4.69) is 15.0 Å². The van der Waals surface area contributed by atoms with E-state index in [1.54, 1.807) is 20.8 Å². The zero-order valence-corrected chi connectivity index (χ0v) is 12.0. The van der Waals surface area contributed by atoms with Gasteiger partial charge in [-0.05, 0) is 20.8 Å². The Labute approximate surface area is 114 Å². The number of alkyl carbamates (subject to hydrolysis) is 1. The van der Waals surface area contributed by atoms with Gasteiger partial charge in [0, 0.05) is 0 Å². The van der Waals surface area contributed by atoms with Crippen molar-refractivity contribution in [1.82, 2.24) is 10.3 Å². The molecule has 7 nitrogen and oxygen atoms in total. The highest BCUT2D eigenvalue weighted by Crippen LogP contribution is 2.21. The van der Waals surface area contributed by atoms with Crippen molar-refractivity contribution < 1.29 is 23.8 Å². The molecule has 0 aromatic carbocycles. The van der Waals surface area contributed by atoms with Crippen molar-refractivity contribution >= 4 is 23.6 Å². The molecule has 0 spiro atoms. The van der Waals surface area contributed by atoms with E-state index >= 15 is 0 Å². The lowest BCUT2D eigenvalue weighted by Gasteiger charge is -2.19. The van der Waals surface area contributed by atoms with Gasteiger partial charge in [0.05, 0.1) is 19.9 Å². The molecule has 0 saturated heterocycles. The number of carbonyl (C=O) groups excluding carboxylic acids is 2. The Morgan fingerprint density at radius 1 is 1.42 bits per heavy atom. The van der Waals surface area contributed by atoms with Crippen LogP contribution in [0.15, 0.2) is 6.20 Å². The molecule has 0 fully saturated rings. The van der Waals surface area contributed by atoms with Crippen molar-refractivity contribution in [3.8, 4) is 5.06 Å². The van der Waals surface area contributed by atoms with E-state index in [1.807, 2.05) is 0 Å². The highest BCUT2D eigenvalue weighted by Gasteiger charge is 2.16. The highest BCUT2D eigenvalue weighted by molar-refractivity contribution is 7.13. The van der Waals surface area contributed by atoms with Crippen LogP contribution in [0.5, 0.6) is 5.06 Å². The minimum Gasteiger partial charge on any atom is -0.444 e. The highest BCUT2D eigenvalue weighted by atomic mass is 32.1. The lowest BCUT2D eigenvalue weighted by molar-refractivity contribution is 0.0523. The molecule has 0 atom stereocenters. The van der Waals surface area contributed by atoms with Gasteiger partial charge < -0.3 is 19.5 Å². The summed E-state index contributed by atoms with van der Waals surface area (Å²) in [5.41, 5.74) is -0.549. The maximum atomic E-state index is 11.4. The Morgan fingerprint density at radius 3 is 2.68 bits per heavy atom. The summed E-state index contributed by atoms with van der Waals surface area (Å²) < 4.78 is 14.2. The molecule has 1 amide bonds. The number of thiazole rings is 1. The number of nitrogens with one attached hydrogen (secondary N) is 1. The smallest absolute Gasteiger partial charge is 0.444 e.